The Kier molecular flexibility index (Phi) is 5.01. The van der Waals surface area contributed by atoms with Crippen LogP contribution in [0.15, 0.2) is 0 Å². The lowest BCUT2D eigenvalue weighted by Gasteiger charge is -2.31. The zero-order valence-electron chi connectivity index (χ0n) is 9.81. The van der Waals surface area contributed by atoms with E-state index in [0.29, 0.717) is 19.3 Å². The molecule has 1 aliphatic rings. The van der Waals surface area contributed by atoms with Gasteiger partial charge < -0.3 is 0 Å². The lowest BCUT2D eigenvalue weighted by molar-refractivity contribution is -0.135. The highest BCUT2D eigenvalue weighted by molar-refractivity contribution is 5.85. The highest BCUT2D eigenvalue weighted by Crippen LogP contribution is 2.33. The Morgan fingerprint density at radius 2 is 0.889 bits per heavy atom. The molecular formula is C9H18N6O3. The minimum absolute atomic E-state index is 0.306. The maximum absolute atomic E-state index is 11.5. The van der Waals surface area contributed by atoms with Gasteiger partial charge in [-0.1, -0.05) is 0 Å². The molecule has 1 rings (SSSR count). The van der Waals surface area contributed by atoms with Gasteiger partial charge in [-0.2, -0.15) is 0 Å². The van der Waals surface area contributed by atoms with Crippen molar-refractivity contribution in [1.82, 2.24) is 16.3 Å². The van der Waals surface area contributed by atoms with Crippen molar-refractivity contribution in [2.24, 2.45) is 35.3 Å². The molecule has 0 bridgehead atoms. The van der Waals surface area contributed by atoms with Crippen molar-refractivity contribution in [3.63, 3.8) is 0 Å². The van der Waals surface area contributed by atoms with Gasteiger partial charge in [0.1, 0.15) is 0 Å². The largest absolute Gasteiger partial charge is 0.294 e. The zero-order chi connectivity index (χ0) is 13.7. The molecule has 0 aromatic heterocycles. The van der Waals surface area contributed by atoms with Gasteiger partial charge in [0.15, 0.2) is 0 Å². The number of rotatable bonds is 3. The van der Waals surface area contributed by atoms with Crippen LogP contribution in [0.2, 0.25) is 0 Å². The molecule has 3 amide bonds. The predicted molar refractivity (Wildman–Crippen MR) is 61.3 cm³/mol. The van der Waals surface area contributed by atoms with E-state index in [2.05, 4.69) is 0 Å². The van der Waals surface area contributed by atoms with Gasteiger partial charge in [-0.15, -0.1) is 0 Å². The number of carbonyl (C=O) groups is 3. The summed E-state index contributed by atoms with van der Waals surface area (Å²) in [5.41, 5.74) is 6.07. The predicted octanol–water partition coefficient (Wildman–Crippen LogP) is -3.01. The fourth-order valence-electron chi connectivity index (χ4n) is 2.31. The number of hydrogen-bond acceptors (Lipinski definition) is 6. The summed E-state index contributed by atoms with van der Waals surface area (Å²) in [7, 11) is 0. The van der Waals surface area contributed by atoms with Crippen molar-refractivity contribution in [2.45, 2.75) is 19.3 Å². The average molecular weight is 258 g/mol. The van der Waals surface area contributed by atoms with E-state index in [1.165, 1.54) is 0 Å². The van der Waals surface area contributed by atoms with Crippen LogP contribution in [0.4, 0.5) is 0 Å². The molecule has 9 nitrogen and oxygen atoms in total. The summed E-state index contributed by atoms with van der Waals surface area (Å²) in [6.45, 7) is 0. The van der Waals surface area contributed by atoms with Crippen LogP contribution in [0, 0.1) is 17.8 Å². The van der Waals surface area contributed by atoms with E-state index in [1.54, 1.807) is 0 Å². The first kappa shape index (κ1) is 14.4. The van der Waals surface area contributed by atoms with Gasteiger partial charge in [-0.05, 0) is 19.3 Å². The number of nitrogens with one attached hydrogen (secondary N) is 3. The second-order valence-corrected chi connectivity index (χ2v) is 4.32. The maximum Gasteiger partial charge on any atom is 0.237 e. The van der Waals surface area contributed by atoms with Gasteiger partial charge in [0.05, 0.1) is 0 Å². The fourth-order valence-corrected chi connectivity index (χ4v) is 2.31. The van der Waals surface area contributed by atoms with Gasteiger partial charge in [0.2, 0.25) is 17.7 Å². The van der Waals surface area contributed by atoms with Crippen molar-refractivity contribution in [1.29, 1.82) is 0 Å². The Morgan fingerprint density at radius 1 is 0.667 bits per heavy atom. The third-order valence-electron chi connectivity index (χ3n) is 3.25. The number of hydrogen-bond donors (Lipinski definition) is 6. The van der Waals surface area contributed by atoms with E-state index < -0.39 is 35.5 Å². The topological polar surface area (TPSA) is 165 Å². The monoisotopic (exact) mass is 258 g/mol. The Balaban J connectivity index is 2.81. The van der Waals surface area contributed by atoms with Crippen LogP contribution in [0.1, 0.15) is 19.3 Å². The molecule has 1 aliphatic carbocycles. The number of amides is 3. The highest BCUT2D eigenvalue weighted by Gasteiger charge is 2.38. The second kappa shape index (κ2) is 6.28. The molecule has 0 spiro atoms. The number of carbonyl (C=O) groups excluding carboxylic acids is 3. The van der Waals surface area contributed by atoms with Gasteiger partial charge in [0, 0.05) is 17.8 Å². The smallest absolute Gasteiger partial charge is 0.237 e. The van der Waals surface area contributed by atoms with Crippen LogP contribution < -0.4 is 33.8 Å². The Morgan fingerprint density at radius 3 is 1.06 bits per heavy atom. The molecule has 18 heavy (non-hydrogen) atoms. The van der Waals surface area contributed by atoms with E-state index in [0.717, 1.165) is 0 Å². The third kappa shape index (κ3) is 3.15. The van der Waals surface area contributed by atoms with Crippen molar-refractivity contribution in [3.8, 4) is 0 Å². The Labute approximate surface area is 104 Å². The van der Waals surface area contributed by atoms with Crippen LogP contribution in [-0.4, -0.2) is 17.7 Å². The molecule has 9 heteroatoms. The summed E-state index contributed by atoms with van der Waals surface area (Å²) < 4.78 is 0. The van der Waals surface area contributed by atoms with Crippen LogP contribution in [-0.2, 0) is 14.4 Å². The summed E-state index contributed by atoms with van der Waals surface area (Å²) in [6, 6.07) is 0. The van der Waals surface area contributed by atoms with Crippen molar-refractivity contribution in [2.75, 3.05) is 0 Å². The molecule has 9 N–H and O–H groups in total. The summed E-state index contributed by atoms with van der Waals surface area (Å²) in [5.74, 6) is 12.5. The molecule has 0 radical (unpaired) electrons. The first-order chi connectivity index (χ1) is 8.53. The standard InChI is InChI=1S/C9H18N6O3/c10-13-7(16)4-1-5(8(17)14-11)3-6(2-4)9(18)15-12/h4-6H,1-3,10-12H2,(H,13,16)(H,14,17)(H,15,18). The van der Waals surface area contributed by atoms with E-state index >= 15 is 0 Å². The molecule has 102 valence electrons. The molecular weight excluding hydrogens is 240 g/mol. The molecule has 0 aromatic rings. The quantitative estimate of drug-likeness (QED) is 0.179. The molecule has 1 saturated carbocycles. The van der Waals surface area contributed by atoms with Gasteiger partial charge in [-0.3, -0.25) is 30.7 Å². The summed E-state index contributed by atoms with van der Waals surface area (Å²) in [5, 5.41) is 0. The molecule has 0 saturated heterocycles. The molecule has 1 fully saturated rings. The van der Waals surface area contributed by atoms with Gasteiger partial charge >= 0.3 is 0 Å². The summed E-state index contributed by atoms with van der Waals surface area (Å²) in [6.07, 6.45) is 0.918. The molecule has 0 unspecified atom stereocenters. The minimum Gasteiger partial charge on any atom is -0.294 e. The highest BCUT2D eigenvalue weighted by atomic mass is 16.2. The summed E-state index contributed by atoms with van der Waals surface area (Å²) in [4.78, 5) is 34.6. The average Bonchev–Trinajstić information content (AvgIpc) is 2.43. The van der Waals surface area contributed by atoms with Crippen molar-refractivity contribution in [3.05, 3.63) is 0 Å². The van der Waals surface area contributed by atoms with Gasteiger partial charge in [0.25, 0.3) is 0 Å². The lowest BCUT2D eigenvalue weighted by Crippen LogP contribution is -2.47. The SMILES string of the molecule is NNC(=O)C1CC(C(=O)NN)CC(C(=O)NN)C1. The third-order valence-corrected chi connectivity index (χ3v) is 3.25. The van der Waals surface area contributed by atoms with Crippen LogP contribution in [0.5, 0.6) is 0 Å². The van der Waals surface area contributed by atoms with E-state index in [9.17, 15) is 14.4 Å². The lowest BCUT2D eigenvalue weighted by atomic mass is 9.74. The van der Waals surface area contributed by atoms with Crippen LogP contribution in [0.3, 0.4) is 0 Å². The number of nitrogens with two attached hydrogens (primary N) is 3. The van der Waals surface area contributed by atoms with Crippen LogP contribution in [0.25, 0.3) is 0 Å². The fraction of sp³-hybridized carbons (Fsp3) is 0.667. The number of hydrazine groups is 3. The first-order valence-corrected chi connectivity index (χ1v) is 5.54. The van der Waals surface area contributed by atoms with E-state index in [4.69, 9.17) is 17.5 Å². The Hall–Kier alpha value is -1.71. The van der Waals surface area contributed by atoms with Gasteiger partial charge in [-0.25, -0.2) is 17.5 Å². The molecule has 0 aliphatic heterocycles. The van der Waals surface area contributed by atoms with E-state index in [-0.39, 0.29) is 0 Å². The van der Waals surface area contributed by atoms with Crippen molar-refractivity contribution < 1.29 is 14.4 Å². The molecule has 0 atom stereocenters. The summed E-state index contributed by atoms with van der Waals surface area (Å²) >= 11 is 0. The van der Waals surface area contributed by atoms with Crippen molar-refractivity contribution >= 4 is 17.7 Å². The zero-order valence-corrected chi connectivity index (χ0v) is 9.81. The molecule has 0 heterocycles. The Bertz CT molecular complexity index is 289. The van der Waals surface area contributed by atoms with Crippen LogP contribution >= 0.6 is 0 Å². The second-order valence-electron chi connectivity index (χ2n) is 4.32. The normalized spacial score (nSPS) is 27.2. The minimum atomic E-state index is -0.506. The van der Waals surface area contributed by atoms with E-state index in [1.807, 2.05) is 16.3 Å². The maximum atomic E-state index is 11.5. The molecule has 0 aromatic carbocycles. The first-order valence-electron chi connectivity index (χ1n) is 5.54.